The molecule has 0 atom stereocenters. The van der Waals surface area contributed by atoms with E-state index in [0.29, 0.717) is 6.42 Å². The molecule has 3 heteroatoms. The summed E-state index contributed by atoms with van der Waals surface area (Å²) in [5, 5.41) is 0. The van der Waals surface area contributed by atoms with Crippen molar-refractivity contribution in [1.29, 1.82) is 0 Å². The van der Waals surface area contributed by atoms with Gasteiger partial charge in [-0.2, -0.15) is 4.51 Å². The van der Waals surface area contributed by atoms with Crippen molar-refractivity contribution in [3.63, 3.8) is 0 Å². The fourth-order valence-electron chi connectivity index (χ4n) is 2.17. The molecule has 0 aliphatic carbocycles. The third kappa shape index (κ3) is 4.18. The summed E-state index contributed by atoms with van der Waals surface area (Å²) >= 11 is 9.37. The van der Waals surface area contributed by atoms with E-state index in [9.17, 15) is 0 Å². The van der Waals surface area contributed by atoms with Crippen LogP contribution in [0.15, 0.2) is 57.5 Å². The highest BCUT2D eigenvalue weighted by Crippen LogP contribution is 2.24. The molecular weight excluding hydrogens is 346 g/mol. The summed E-state index contributed by atoms with van der Waals surface area (Å²) in [6.07, 6.45) is 0.708. The summed E-state index contributed by atoms with van der Waals surface area (Å²) in [7, 11) is 0. The molecule has 1 nitrogen and oxygen atoms in total. The number of halogens is 2. The van der Waals surface area contributed by atoms with Gasteiger partial charge in [0.1, 0.15) is 0 Å². The second-order valence-corrected chi connectivity index (χ2v) is 7.15. The van der Waals surface area contributed by atoms with Gasteiger partial charge in [0.15, 0.2) is 0 Å². The minimum absolute atomic E-state index is 0.152. The summed E-state index contributed by atoms with van der Waals surface area (Å²) in [4.78, 5) is 0. The van der Waals surface area contributed by atoms with E-state index in [-0.39, 0.29) is 5.41 Å². The standard InChI is InChI=1S/C18H19BrClN/c1-18(2,3)15-10-8-13(9-11-15)17(21-20)12-14-6-4-5-7-16(14)19/h4-11H,12H2,1-3H3/b21-17-. The van der Waals surface area contributed by atoms with Crippen LogP contribution in [-0.2, 0) is 11.8 Å². The largest absolute Gasteiger partial charge is 0.182 e. The zero-order valence-electron chi connectivity index (χ0n) is 12.5. The Kier molecular flexibility index (Phi) is 5.23. The zero-order valence-corrected chi connectivity index (χ0v) is 14.9. The van der Waals surface area contributed by atoms with Crippen LogP contribution in [0.4, 0.5) is 0 Å². The summed E-state index contributed by atoms with van der Waals surface area (Å²) in [5.41, 5.74) is 4.58. The molecule has 0 fully saturated rings. The molecule has 2 aromatic rings. The van der Waals surface area contributed by atoms with Crippen LogP contribution in [0.5, 0.6) is 0 Å². The van der Waals surface area contributed by atoms with E-state index in [1.165, 1.54) is 11.1 Å². The lowest BCUT2D eigenvalue weighted by molar-refractivity contribution is 0.590. The van der Waals surface area contributed by atoms with Gasteiger partial charge in [-0.15, -0.1) is 0 Å². The summed E-state index contributed by atoms with van der Waals surface area (Å²) in [6.45, 7) is 6.62. The predicted octanol–water partition coefficient (Wildman–Crippen LogP) is 5.93. The minimum atomic E-state index is 0.152. The van der Waals surface area contributed by atoms with Gasteiger partial charge in [0.05, 0.1) is 5.71 Å². The number of hydrogen-bond donors (Lipinski definition) is 0. The smallest absolute Gasteiger partial charge is 0.0667 e. The summed E-state index contributed by atoms with van der Waals surface area (Å²) in [5.74, 6) is 0. The number of hydrogen-bond acceptors (Lipinski definition) is 1. The molecule has 0 aliphatic rings. The van der Waals surface area contributed by atoms with Gasteiger partial charge in [-0.1, -0.05) is 79.2 Å². The first-order valence-electron chi connectivity index (χ1n) is 6.94. The van der Waals surface area contributed by atoms with Gasteiger partial charge in [-0.3, -0.25) is 0 Å². The van der Waals surface area contributed by atoms with Crippen molar-refractivity contribution >= 4 is 33.4 Å². The van der Waals surface area contributed by atoms with Crippen LogP contribution in [0.1, 0.15) is 37.5 Å². The van der Waals surface area contributed by atoms with Crippen LogP contribution in [0, 0.1) is 0 Å². The highest BCUT2D eigenvalue weighted by molar-refractivity contribution is 9.10. The van der Waals surface area contributed by atoms with Crippen molar-refractivity contribution in [1.82, 2.24) is 0 Å². The Balaban J connectivity index is 2.25. The molecule has 0 saturated carbocycles. The van der Waals surface area contributed by atoms with E-state index in [0.717, 1.165) is 15.7 Å². The molecule has 0 aromatic heterocycles. The number of nitrogens with zero attached hydrogens (tertiary/aromatic N) is 1. The van der Waals surface area contributed by atoms with Gasteiger partial charge >= 0.3 is 0 Å². The Morgan fingerprint density at radius 2 is 1.67 bits per heavy atom. The highest BCUT2D eigenvalue weighted by atomic mass is 79.9. The van der Waals surface area contributed by atoms with E-state index < -0.39 is 0 Å². The molecule has 2 rings (SSSR count). The lowest BCUT2D eigenvalue weighted by atomic mass is 9.86. The minimum Gasteiger partial charge on any atom is -0.182 e. The topological polar surface area (TPSA) is 12.4 Å². The van der Waals surface area contributed by atoms with Crippen LogP contribution < -0.4 is 0 Å². The lowest BCUT2D eigenvalue weighted by Crippen LogP contribution is -2.12. The van der Waals surface area contributed by atoms with Crippen molar-refractivity contribution in [2.45, 2.75) is 32.6 Å². The van der Waals surface area contributed by atoms with Crippen molar-refractivity contribution in [3.05, 3.63) is 69.7 Å². The van der Waals surface area contributed by atoms with Crippen LogP contribution in [0.25, 0.3) is 0 Å². The molecule has 0 bridgehead atoms. The van der Waals surface area contributed by atoms with E-state index in [1.54, 1.807) is 0 Å². The van der Waals surface area contributed by atoms with E-state index in [4.69, 9.17) is 11.8 Å². The van der Waals surface area contributed by atoms with Crippen LogP contribution in [0.2, 0.25) is 0 Å². The monoisotopic (exact) mass is 363 g/mol. The maximum atomic E-state index is 5.81. The van der Waals surface area contributed by atoms with Crippen molar-refractivity contribution in [2.24, 2.45) is 4.51 Å². The van der Waals surface area contributed by atoms with E-state index >= 15 is 0 Å². The molecule has 110 valence electrons. The normalized spacial score (nSPS) is 12.5. The lowest BCUT2D eigenvalue weighted by Gasteiger charge is -2.19. The molecule has 2 aromatic carbocycles. The molecule has 0 radical (unpaired) electrons. The van der Waals surface area contributed by atoms with Gasteiger partial charge < -0.3 is 0 Å². The molecule has 21 heavy (non-hydrogen) atoms. The zero-order chi connectivity index (χ0) is 15.5. The van der Waals surface area contributed by atoms with Crippen molar-refractivity contribution in [3.8, 4) is 0 Å². The average molecular weight is 365 g/mol. The summed E-state index contributed by atoms with van der Waals surface area (Å²) < 4.78 is 5.03. The van der Waals surface area contributed by atoms with Crippen molar-refractivity contribution in [2.75, 3.05) is 0 Å². The predicted molar refractivity (Wildman–Crippen MR) is 95.4 cm³/mol. The quantitative estimate of drug-likeness (QED) is 0.598. The molecule has 0 spiro atoms. The Morgan fingerprint density at radius 1 is 1.05 bits per heavy atom. The summed E-state index contributed by atoms with van der Waals surface area (Å²) in [6, 6.07) is 16.6. The second kappa shape index (κ2) is 6.76. The van der Waals surface area contributed by atoms with Gasteiger partial charge in [0.2, 0.25) is 0 Å². The van der Waals surface area contributed by atoms with Crippen LogP contribution in [-0.4, -0.2) is 5.71 Å². The molecule has 0 unspecified atom stereocenters. The van der Waals surface area contributed by atoms with Crippen LogP contribution in [0.3, 0.4) is 0 Å². The Morgan fingerprint density at radius 3 is 2.19 bits per heavy atom. The molecule has 0 heterocycles. The first-order chi connectivity index (χ1) is 9.91. The molecule has 0 N–H and O–H groups in total. The van der Waals surface area contributed by atoms with Gasteiger partial charge in [-0.25, -0.2) is 0 Å². The first kappa shape index (κ1) is 16.3. The second-order valence-electron chi connectivity index (χ2n) is 6.13. The Hall–Kier alpha value is -1.12. The van der Waals surface area contributed by atoms with Gasteiger partial charge in [-0.05, 0) is 28.2 Å². The van der Waals surface area contributed by atoms with Gasteiger partial charge in [0, 0.05) is 22.7 Å². The van der Waals surface area contributed by atoms with E-state index in [2.05, 4.69) is 71.5 Å². The van der Waals surface area contributed by atoms with Crippen LogP contribution >= 0.6 is 27.7 Å². The van der Waals surface area contributed by atoms with E-state index in [1.807, 2.05) is 18.2 Å². The fraction of sp³-hybridized carbons (Fsp3) is 0.278. The molecule has 0 saturated heterocycles. The maximum absolute atomic E-state index is 5.81. The first-order valence-corrected chi connectivity index (χ1v) is 8.07. The molecule has 0 amide bonds. The molecule has 0 aliphatic heterocycles. The highest BCUT2D eigenvalue weighted by Gasteiger charge is 2.14. The molecular formula is C18H19BrClN. The Bertz CT molecular complexity index is 639. The average Bonchev–Trinajstić information content (AvgIpc) is 2.46. The maximum Gasteiger partial charge on any atom is 0.0667 e. The SMILES string of the molecule is CC(C)(C)c1ccc(/C(Cc2ccccc2Br)=N\Cl)cc1. The fourth-order valence-corrected chi connectivity index (χ4v) is 2.75. The number of rotatable bonds is 3. The van der Waals surface area contributed by atoms with Crippen molar-refractivity contribution < 1.29 is 0 Å². The Labute approximate surface area is 140 Å². The number of benzene rings is 2. The third-order valence-electron chi connectivity index (χ3n) is 3.50. The third-order valence-corrected chi connectivity index (χ3v) is 4.48. The van der Waals surface area contributed by atoms with Gasteiger partial charge in [0.25, 0.3) is 0 Å².